The van der Waals surface area contributed by atoms with E-state index in [0.29, 0.717) is 0 Å². The second kappa shape index (κ2) is 4.35. The zero-order chi connectivity index (χ0) is 11.5. The van der Waals surface area contributed by atoms with Gasteiger partial charge in [-0.2, -0.15) is 0 Å². The van der Waals surface area contributed by atoms with Crippen LogP contribution in [0, 0.1) is 0 Å². The Morgan fingerprint density at radius 3 is 2.38 bits per heavy atom. The molecule has 0 radical (unpaired) electrons. The summed E-state index contributed by atoms with van der Waals surface area (Å²) in [5, 5.41) is 0. The van der Waals surface area contributed by atoms with Crippen molar-refractivity contribution >= 4 is 5.78 Å². The fourth-order valence-corrected chi connectivity index (χ4v) is 1.87. The van der Waals surface area contributed by atoms with Gasteiger partial charge in [-0.1, -0.05) is 37.3 Å². The van der Waals surface area contributed by atoms with Gasteiger partial charge in [0.25, 0.3) is 0 Å². The van der Waals surface area contributed by atoms with E-state index in [9.17, 15) is 4.79 Å². The molecule has 2 rings (SSSR count). The Morgan fingerprint density at radius 1 is 1.12 bits per heavy atom. The monoisotopic (exact) mass is 213 g/mol. The van der Waals surface area contributed by atoms with Gasteiger partial charge in [-0.3, -0.25) is 4.79 Å². The van der Waals surface area contributed by atoms with Crippen LogP contribution in [0.2, 0.25) is 0 Å². The Hall–Kier alpha value is -1.83. The molecule has 0 aliphatic carbocycles. The average molecular weight is 213 g/mol. The first-order valence-corrected chi connectivity index (χ1v) is 5.48. The Morgan fingerprint density at radius 2 is 1.81 bits per heavy atom. The lowest BCUT2D eigenvalue weighted by molar-refractivity contribution is 0.103. The summed E-state index contributed by atoms with van der Waals surface area (Å²) in [5.74, 6) is 0.0859. The largest absolute Gasteiger partial charge is 0.345 e. The highest BCUT2D eigenvalue weighted by atomic mass is 16.1. The summed E-state index contributed by atoms with van der Waals surface area (Å²) in [5.41, 5.74) is 2.67. The number of hydrogen-bond donors (Lipinski definition) is 0. The van der Waals surface area contributed by atoms with Crippen LogP contribution >= 0.6 is 0 Å². The molecule has 0 fully saturated rings. The van der Waals surface area contributed by atoms with Gasteiger partial charge in [-0.05, 0) is 18.6 Å². The summed E-state index contributed by atoms with van der Waals surface area (Å²) in [7, 11) is 1.94. The van der Waals surface area contributed by atoms with Crippen LogP contribution in [0.3, 0.4) is 0 Å². The molecule has 0 saturated heterocycles. The number of nitrogens with zero attached hydrogens (tertiary/aromatic N) is 1. The smallest absolute Gasteiger partial charge is 0.209 e. The van der Waals surface area contributed by atoms with Gasteiger partial charge in [-0.25, -0.2) is 0 Å². The molecule has 0 N–H and O–H groups in total. The van der Waals surface area contributed by atoms with Crippen LogP contribution in [0.15, 0.2) is 42.5 Å². The van der Waals surface area contributed by atoms with Gasteiger partial charge in [0.05, 0.1) is 5.69 Å². The van der Waals surface area contributed by atoms with Crippen molar-refractivity contribution in [2.45, 2.75) is 13.3 Å². The molecule has 0 unspecified atom stereocenters. The summed E-state index contributed by atoms with van der Waals surface area (Å²) in [4.78, 5) is 12.2. The number of aromatic nitrogens is 1. The van der Waals surface area contributed by atoms with Crippen LogP contribution in [0.5, 0.6) is 0 Å². The molecular formula is C14H15NO. The van der Waals surface area contributed by atoms with E-state index in [0.717, 1.165) is 17.7 Å². The van der Waals surface area contributed by atoms with Crippen molar-refractivity contribution in [3.63, 3.8) is 0 Å². The molecule has 2 nitrogen and oxygen atoms in total. The zero-order valence-electron chi connectivity index (χ0n) is 9.60. The lowest BCUT2D eigenvalue weighted by Gasteiger charge is -2.05. The second-order valence-corrected chi connectivity index (χ2v) is 3.82. The minimum Gasteiger partial charge on any atom is -0.345 e. The molecule has 0 spiro atoms. The molecule has 0 atom stereocenters. The van der Waals surface area contributed by atoms with Gasteiger partial charge >= 0.3 is 0 Å². The van der Waals surface area contributed by atoms with Crippen LogP contribution in [-0.4, -0.2) is 10.4 Å². The molecule has 1 aromatic heterocycles. The van der Waals surface area contributed by atoms with Crippen molar-refractivity contribution in [3.8, 4) is 0 Å². The minimum absolute atomic E-state index is 0.0859. The molecule has 1 heterocycles. The van der Waals surface area contributed by atoms with Crippen molar-refractivity contribution < 1.29 is 4.79 Å². The molecule has 16 heavy (non-hydrogen) atoms. The Kier molecular flexibility index (Phi) is 2.91. The van der Waals surface area contributed by atoms with E-state index in [2.05, 4.69) is 6.92 Å². The van der Waals surface area contributed by atoms with Crippen molar-refractivity contribution in [1.82, 2.24) is 4.57 Å². The van der Waals surface area contributed by atoms with Crippen molar-refractivity contribution in [2.24, 2.45) is 7.05 Å². The standard InChI is InChI=1S/C14H15NO/c1-3-12-9-10-13(15(12)2)14(16)11-7-5-4-6-8-11/h4-10H,3H2,1-2H3. The number of rotatable bonds is 3. The summed E-state index contributed by atoms with van der Waals surface area (Å²) in [6.07, 6.45) is 0.943. The predicted octanol–water partition coefficient (Wildman–Crippen LogP) is 2.82. The topological polar surface area (TPSA) is 22.0 Å². The molecule has 0 saturated carbocycles. The van der Waals surface area contributed by atoms with Gasteiger partial charge in [0.15, 0.2) is 0 Å². The first-order valence-electron chi connectivity index (χ1n) is 5.48. The van der Waals surface area contributed by atoms with E-state index in [4.69, 9.17) is 0 Å². The SMILES string of the molecule is CCc1ccc(C(=O)c2ccccc2)n1C. The van der Waals surface area contributed by atoms with Crippen LogP contribution in [0.1, 0.15) is 28.7 Å². The molecule has 0 aliphatic rings. The van der Waals surface area contributed by atoms with Gasteiger partial charge < -0.3 is 4.57 Å². The maximum absolute atomic E-state index is 12.2. The van der Waals surface area contributed by atoms with E-state index in [1.54, 1.807) is 0 Å². The summed E-state index contributed by atoms with van der Waals surface area (Å²) in [6, 6.07) is 13.3. The molecule has 0 amide bonds. The van der Waals surface area contributed by atoms with E-state index in [1.807, 2.05) is 54.1 Å². The molecule has 2 aromatic rings. The third-order valence-electron chi connectivity index (χ3n) is 2.86. The van der Waals surface area contributed by atoms with Crippen LogP contribution < -0.4 is 0 Å². The average Bonchev–Trinajstić information content (AvgIpc) is 2.70. The number of carbonyl (C=O) groups is 1. The molecule has 2 heteroatoms. The Balaban J connectivity index is 2.38. The van der Waals surface area contributed by atoms with Crippen molar-refractivity contribution in [1.29, 1.82) is 0 Å². The van der Waals surface area contributed by atoms with Gasteiger partial charge in [0, 0.05) is 18.3 Å². The van der Waals surface area contributed by atoms with E-state index < -0.39 is 0 Å². The normalized spacial score (nSPS) is 10.4. The quantitative estimate of drug-likeness (QED) is 0.718. The first-order chi connectivity index (χ1) is 7.74. The summed E-state index contributed by atoms with van der Waals surface area (Å²) in [6.45, 7) is 2.09. The molecule has 1 aromatic carbocycles. The van der Waals surface area contributed by atoms with Gasteiger partial charge in [0.1, 0.15) is 0 Å². The molecule has 82 valence electrons. The fraction of sp³-hybridized carbons (Fsp3) is 0.214. The van der Waals surface area contributed by atoms with E-state index >= 15 is 0 Å². The Labute approximate surface area is 95.5 Å². The maximum atomic E-state index is 12.2. The first kappa shape index (κ1) is 10.7. The zero-order valence-corrected chi connectivity index (χ0v) is 9.60. The molecule has 0 bridgehead atoms. The van der Waals surface area contributed by atoms with Crippen LogP contribution in [0.4, 0.5) is 0 Å². The third-order valence-corrected chi connectivity index (χ3v) is 2.86. The lowest BCUT2D eigenvalue weighted by Crippen LogP contribution is -2.08. The van der Waals surface area contributed by atoms with E-state index in [1.165, 1.54) is 5.69 Å². The predicted molar refractivity (Wildman–Crippen MR) is 64.7 cm³/mol. The highest BCUT2D eigenvalue weighted by Gasteiger charge is 2.13. The number of benzene rings is 1. The highest BCUT2D eigenvalue weighted by molar-refractivity contribution is 6.08. The third kappa shape index (κ3) is 1.78. The second-order valence-electron chi connectivity index (χ2n) is 3.82. The summed E-state index contributed by atoms with van der Waals surface area (Å²) < 4.78 is 1.97. The van der Waals surface area contributed by atoms with Gasteiger partial charge in [0.2, 0.25) is 5.78 Å². The molecule has 0 aliphatic heterocycles. The highest BCUT2D eigenvalue weighted by Crippen LogP contribution is 2.13. The van der Waals surface area contributed by atoms with Crippen molar-refractivity contribution in [2.75, 3.05) is 0 Å². The summed E-state index contributed by atoms with van der Waals surface area (Å²) >= 11 is 0. The molecular weight excluding hydrogens is 198 g/mol. The van der Waals surface area contributed by atoms with Crippen LogP contribution in [0.25, 0.3) is 0 Å². The minimum atomic E-state index is 0.0859. The number of aryl methyl sites for hydroxylation is 1. The fourth-order valence-electron chi connectivity index (χ4n) is 1.87. The van der Waals surface area contributed by atoms with E-state index in [-0.39, 0.29) is 5.78 Å². The van der Waals surface area contributed by atoms with Gasteiger partial charge in [-0.15, -0.1) is 0 Å². The number of carbonyl (C=O) groups excluding carboxylic acids is 1. The number of hydrogen-bond acceptors (Lipinski definition) is 1. The maximum Gasteiger partial charge on any atom is 0.209 e. The van der Waals surface area contributed by atoms with Crippen LogP contribution in [-0.2, 0) is 13.5 Å². The lowest BCUT2D eigenvalue weighted by atomic mass is 10.1. The number of ketones is 1. The Bertz CT molecular complexity index is 497. The van der Waals surface area contributed by atoms with Crippen molar-refractivity contribution in [3.05, 3.63) is 59.4 Å².